The van der Waals surface area contributed by atoms with Gasteiger partial charge in [-0.2, -0.15) is 0 Å². The van der Waals surface area contributed by atoms with Crippen molar-refractivity contribution in [1.82, 2.24) is 9.80 Å². The van der Waals surface area contributed by atoms with Crippen LogP contribution in [0.3, 0.4) is 0 Å². The van der Waals surface area contributed by atoms with Crippen LogP contribution < -0.4 is 4.31 Å². The molecular weight excluding hydrogens is 382 g/mol. The van der Waals surface area contributed by atoms with Crippen molar-refractivity contribution in [1.29, 1.82) is 0 Å². The van der Waals surface area contributed by atoms with Gasteiger partial charge in [0.2, 0.25) is 10.0 Å². The Hall–Kier alpha value is -2.29. The molecule has 0 aliphatic carbocycles. The third-order valence-electron chi connectivity index (χ3n) is 4.94. The molecule has 2 aliphatic rings. The summed E-state index contributed by atoms with van der Waals surface area (Å²) in [5.74, 6) is 0.182. The number of anilines is 1. The van der Waals surface area contributed by atoms with E-state index >= 15 is 0 Å². The van der Waals surface area contributed by atoms with Crippen LogP contribution in [0.25, 0.3) is 0 Å². The highest BCUT2D eigenvalue weighted by Gasteiger charge is 2.29. The Bertz CT molecular complexity index is 860. The van der Waals surface area contributed by atoms with Gasteiger partial charge in [0.1, 0.15) is 0 Å². The monoisotopic (exact) mass is 409 g/mol. The third-order valence-corrected chi connectivity index (χ3v) is 6.12. The molecule has 0 spiro atoms. The summed E-state index contributed by atoms with van der Waals surface area (Å²) in [6.45, 7) is 6.53. The van der Waals surface area contributed by atoms with Crippen molar-refractivity contribution in [3.8, 4) is 0 Å². The zero-order valence-corrected chi connectivity index (χ0v) is 17.4. The van der Waals surface area contributed by atoms with Gasteiger partial charge in [-0.3, -0.25) is 9.10 Å². The van der Waals surface area contributed by atoms with E-state index in [0.29, 0.717) is 57.0 Å². The van der Waals surface area contributed by atoms with Gasteiger partial charge in [0.25, 0.3) is 5.91 Å². The van der Waals surface area contributed by atoms with E-state index in [1.807, 2.05) is 13.8 Å². The van der Waals surface area contributed by atoms with Crippen LogP contribution >= 0.6 is 0 Å². The second-order valence-electron chi connectivity index (χ2n) is 7.68. The summed E-state index contributed by atoms with van der Waals surface area (Å²) in [6, 6.07) is 5.16. The number of hydrogen-bond donors (Lipinski definition) is 0. The van der Waals surface area contributed by atoms with Crippen LogP contribution in [0.5, 0.6) is 0 Å². The van der Waals surface area contributed by atoms with Crippen molar-refractivity contribution in [2.45, 2.75) is 20.3 Å². The van der Waals surface area contributed by atoms with E-state index in [1.54, 1.807) is 28.0 Å². The summed E-state index contributed by atoms with van der Waals surface area (Å²) in [4.78, 5) is 28.2. The van der Waals surface area contributed by atoms with E-state index < -0.39 is 10.0 Å². The zero-order valence-electron chi connectivity index (χ0n) is 16.6. The second kappa shape index (κ2) is 7.98. The quantitative estimate of drug-likeness (QED) is 0.753. The molecular formula is C19H27N3O5S. The molecule has 1 aromatic rings. The molecule has 0 radical (unpaired) electrons. The number of hydrogen-bond acceptors (Lipinski definition) is 5. The molecule has 0 atom stereocenters. The SMILES string of the molecule is CC(C)COC(=O)N1CCN(C(=O)c2ccc3c(c2)CCN3S(C)(=O)=O)CC1. The number of fused-ring (bicyclic) bond motifs is 1. The number of piperazine rings is 1. The smallest absolute Gasteiger partial charge is 0.409 e. The standard InChI is InChI=1S/C19H27N3O5S/c1-14(2)13-27-19(24)21-10-8-20(9-11-21)18(23)16-4-5-17-15(12-16)6-7-22(17)28(3,25)26/h4-5,12,14H,6-11,13H2,1-3H3. The molecule has 1 saturated heterocycles. The summed E-state index contributed by atoms with van der Waals surface area (Å²) in [5, 5.41) is 0. The summed E-state index contributed by atoms with van der Waals surface area (Å²) in [7, 11) is -3.31. The molecule has 2 amide bonds. The number of nitrogens with zero attached hydrogens (tertiary/aromatic N) is 3. The molecule has 0 aromatic heterocycles. The first kappa shape index (κ1) is 20.4. The van der Waals surface area contributed by atoms with Crippen LogP contribution in [0.4, 0.5) is 10.5 Å². The average Bonchev–Trinajstić information content (AvgIpc) is 3.09. The fourth-order valence-electron chi connectivity index (χ4n) is 3.45. The van der Waals surface area contributed by atoms with E-state index in [2.05, 4.69) is 0 Å². The van der Waals surface area contributed by atoms with E-state index in [0.717, 1.165) is 5.56 Å². The molecule has 2 aliphatic heterocycles. The van der Waals surface area contributed by atoms with Gasteiger partial charge in [0.05, 0.1) is 18.6 Å². The van der Waals surface area contributed by atoms with Crippen LogP contribution in [0.15, 0.2) is 18.2 Å². The second-order valence-corrected chi connectivity index (χ2v) is 9.59. The van der Waals surface area contributed by atoms with Crippen molar-refractivity contribution in [3.05, 3.63) is 29.3 Å². The van der Waals surface area contributed by atoms with E-state index in [4.69, 9.17) is 4.74 Å². The van der Waals surface area contributed by atoms with Crippen molar-refractivity contribution >= 4 is 27.7 Å². The highest BCUT2D eigenvalue weighted by Crippen LogP contribution is 2.31. The Labute approximate surface area is 166 Å². The highest BCUT2D eigenvalue weighted by atomic mass is 32.2. The molecule has 3 rings (SSSR count). The lowest BCUT2D eigenvalue weighted by Gasteiger charge is -2.34. The molecule has 1 fully saturated rings. The maximum Gasteiger partial charge on any atom is 0.409 e. The van der Waals surface area contributed by atoms with E-state index in [-0.39, 0.29) is 17.9 Å². The van der Waals surface area contributed by atoms with Gasteiger partial charge in [0.15, 0.2) is 0 Å². The molecule has 28 heavy (non-hydrogen) atoms. The zero-order chi connectivity index (χ0) is 20.5. The van der Waals surface area contributed by atoms with Crippen LogP contribution in [-0.4, -0.2) is 75.8 Å². The van der Waals surface area contributed by atoms with Gasteiger partial charge in [-0.25, -0.2) is 13.2 Å². The Morgan fingerprint density at radius 3 is 2.32 bits per heavy atom. The molecule has 154 valence electrons. The molecule has 1 aromatic carbocycles. The lowest BCUT2D eigenvalue weighted by Crippen LogP contribution is -2.50. The lowest BCUT2D eigenvalue weighted by molar-refractivity contribution is 0.0535. The fraction of sp³-hybridized carbons (Fsp3) is 0.579. The van der Waals surface area contributed by atoms with Crippen LogP contribution in [0.2, 0.25) is 0 Å². The minimum absolute atomic E-state index is 0.101. The Morgan fingerprint density at radius 1 is 1.07 bits per heavy atom. The van der Waals surface area contributed by atoms with Gasteiger partial charge >= 0.3 is 6.09 Å². The molecule has 0 saturated carbocycles. The van der Waals surface area contributed by atoms with E-state index in [1.165, 1.54) is 10.6 Å². The molecule has 0 N–H and O–H groups in total. The fourth-order valence-corrected chi connectivity index (χ4v) is 4.41. The first-order valence-electron chi connectivity index (χ1n) is 9.48. The summed E-state index contributed by atoms with van der Waals surface area (Å²) >= 11 is 0. The normalized spacial score (nSPS) is 17.1. The number of benzene rings is 1. The van der Waals surface area contributed by atoms with Crippen molar-refractivity contribution in [3.63, 3.8) is 0 Å². The number of amides is 2. The number of sulfonamides is 1. The average molecular weight is 410 g/mol. The summed E-state index contributed by atoms with van der Waals surface area (Å²) in [6.07, 6.45) is 1.45. The van der Waals surface area contributed by atoms with Gasteiger partial charge in [-0.05, 0) is 36.1 Å². The van der Waals surface area contributed by atoms with Gasteiger partial charge in [0, 0.05) is 38.3 Å². The van der Waals surface area contributed by atoms with Gasteiger partial charge < -0.3 is 14.5 Å². The molecule has 9 heteroatoms. The predicted molar refractivity (Wildman–Crippen MR) is 106 cm³/mol. The lowest BCUT2D eigenvalue weighted by atomic mass is 10.1. The van der Waals surface area contributed by atoms with Crippen molar-refractivity contribution in [2.75, 3.05) is 49.9 Å². The summed E-state index contributed by atoms with van der Waals surface area (Å²) in [5.41, 5.74) is 2.06. The molecule has 8 nitrogen and oxygen atoms in total. The topological polar surface area (TPSA) is 87.2 Å². The van der Waals surface area contributed by atoms with Crippen LogP contribution in [0.1, 0.15) is 29.8 Å². The van der Waals surface area contributed by atoms with Crippen LogP contribution in [0, 0.1) is 5.92 Å². The number of carbonyl (C=O) groups is 2. The van der Waals surface area contributed by atoms with Crippen molar-refractivity contribution < 1.29 is 22.7 Å². The maximum atomic E-state index is 12.8. The Balaban J connectivity index is 1.61. The van der Waals surface area contributed by atoms with Gasteiger partial charge in [-0.15, -0.1) is 0 Å². The largest absolute Gasteiger partial charge is 0.449 e. The van der Waals surface area contributed by atoms with Crippen LogP contribution in [-0.2, 0) is 21.2 Å². The molecule has 0 bridgehead atoms. The maximum absolute atomic E-state index is 12.8. The minimum atomic E-state index is -3.31. The number of rotatable bonds is 4. The first-order valence-corrected chi connectivity index (χ1v) is 11.3. The minimum Gasteiger partial charge on any atom is -0.449 e. The summed E-state index contributed by atoms with van der Waals surface area (Å²) < 4.78 is 30.3. The highest BCUT2D eigenvalue weighted by molar-refractivity contribution is 7.92. The van der Waals surface area contributed by atoms with Crippen molar-refractivity contribution in [2.24, 2.45) is 5.92 Å². The first-order chi connectivity index (χ1) is 13.2. The predicted octanol–water partition coefficient (Wildman–Crippen LogP) is 1.56. The molecule has 0 unspecified atom stereocenters. The third kappa shape index (κ3) is 4.40. The number of ether oxygens (including phenoxy) is 1. The Kier molecular flexibility index (Phi) is 5.83. The van der Waals surface area contributed by atoms with Gasteiger partial charge in [-0.1, -0.05) is 13.8 Å². The molecule has 2 heterocycles. The number of carbonyl (C=O) groups excluding carboxylic acids is 2. The Morgan fingerprint density at radius 2 is 1.71 bits per heavy atom. The van der Waals surface area contributed by atoms with E-state index in [9.17, 15) is 18.0 Å².